The number of hydrogen-bond acceptors (Lipinski definition) is 5. The molecule has 5 nitrogen and oxygen atoms in total. The number of aliphatic hydroxyl groups excluding tert-OH is 1. The fraction of sp³-hybridized carbons (Fsp3) is 0.303. The smallest absolute Gasteiger partial charge is 0.233 e. The van der Waals surface area contributed by atoms with Crippen molar-refractivity contribution in [1.29, 1.82) is 0 Å². The molecule has 1 amide bonds. The quantitative estimate of drug-likeness (QED) is 0.146. The molecule has 1 N–H and O–H groups in total. The lowest BCUT2D eigenvalue weighted by molar-refractivity contribution is -0.164. The number of hydrogen-bond donors (Lipinski definition) is 1. The van der Waals surface area contributed by atoms with Gasteiger partial charge in [0.25, 0.3) is 0 Å². The van der Waals surface area contributed by atoms with E-state index in [1.54, 1.807) is 24.0 Å². The average Bonchev–Trinajstić information content (AvgIpc) is 2.96. The van der Waals surface area contributed by atoms with Gasteiger partial charge in [0.1, 0.15) is 17.5 Å². The Kier molecular flexibility index (Phi) is 7.74. The highest BCUT2D eigenvalue weighted by atomic mass is 32.2. The van der Waals surface area contributed by atoms with Crippen molar-refractivity contribution < 1.29 is 9.90 Å². The molecule has 3 unspecified atom stereocenters. The van der Waals surface area contributed by atoms with Crippen LogP contribution in [0.15, 0.2) is 110 Å². The van der Waals surface area contributed by atoms with Gasteiger partial charge in [0.05, 0.1) is 24.6 Å². The summed E-state index contributed by atoms with van der Waals surface area (Å²) >= 11 is 1.76. The maximum Gasteiger partial charge on any atom is 0.233 e. The number of β-lactam (4-membered cyclic amide) rings is 1. The van der Waals surface area contributed by atoms with Crippen molar-refractivity contribution in [3.8, 4) is 0 Å². The average molecular weight is 567 g/mol. The number of benzene rings is 3. The molecule has 4 aromatic rings. The summed E-state index contributed by atoms with van der Waals surface area (Å²) in [5.74, 6) is -0.00872. The maximum absolute atomic E-state index is 14.4. The first-order valence-electron chi connectivity index (χ1n) is 13.6. The third-order valence-corrected chi connectivity index (χ3v) is 12.4. The molecule has 0 saturated carbocycles. The predicted molar refractivity (Wildman–Crippen MR) is 164 cm³/mol. The predicted octanol–water partition coefficient (Wildman–Crippen LogP) is 6.70. The van der Waals surface area contributed by atoms with Crippen LogP contribution in [-0.2, 0) is 9.54 Å². The Morgan fingerprint density at radius 2 is 1.32 bits per heavy atom. The number of amides is 1. The largest absolute Gasteiger partial charge is 0.386 e. The van der Waals surface area contributed by atoms with E-state index in [0.717, 1.165) is 16.7 Å². The number of likely N-dealkylation sites (tertiary alicyclic amines) is 1. The molecule has 0 spiro atoms. The molecule has 0 bridgehead atoms. The van der Waals surface area contributed by atoms with Gasteiger partial charge in [-0.25, -0.2) is 9.97 Å². The first kappa shape index (κ1) is 28.3. The minimum Gasteiger partial charge on any atom is -0.386 e. The fourth-order valence-corrected chi connectivity index (χ4v) is 10.8. The Balaban J connectivity index is 1.79. The van der Waals surface area contributed by atoms with Crippen LogP contribution in [0.4, 0.5) is 0 Å². The van der Waals surface area contributed by atoms with Gasteiger partial charge < -0.3 is 10.0 Å². The molecule has 1 aromatic heterocycles. The minimum absolute atomic E-state index is 0.00872. The zero-order valence-electron chi connectivity index (χ0n) is 23.7. The molecule has 3 atom stereocenters. The van der Waals surface area contributed by atoms with Gasteiger partial charge >= 0.3 is 0 Å². The summed E-state index contributed by atoms with van der Waals surface area (Å²) in [6.07, 6.45) is 2.02. The summed E-state index contributed by atoms with van der Waals surface area (Å²) in [4.78, 5) is 24.9. The lowest BCUT2D eigenvalue weighted by atomic mass is 9.83. The second-order valence-electron chi connectivity index (χ2n) is 11.5. The first-order valence-corrected chi connectivity index (χ1v) is 17.0. The number of nitrogens with zero attached hydrogens (tertiary/aromatic N) is 3. The van der Waals surface area contributed by atoms with Gasteiger partial charge in [-0.3, -0.25) is 4.79 Å². The summed E-state index contributed by atoms with van der Waals surface area (Å²) in [7, 11) is -1.41. The van der Waals surface area contributed by atoms with Crippen LogP contribution in [0.2, 0.25) is 18.1 Å². The summed E-state index contributed by atoms with van der Waals surface area (Å²) in [5, 5.41) is 10.7. The molecular weight excluding hydrogens is 531 g/mol. The van der Waals surface area contributed by atoms with Crippen molar-refractivity contribution in [2.45, 2.75) is 60.7 Å². The first-order chi connectivity index (χ1) is 19.1. The van der Waals surface area contributed by atoms with Gasteiger partial charge in [0, 0.05) is 11.7 Å². The van der Waals surface area contributed by atoms with Gasteiger partial charge in [-0.15, -0.1) is 11.8 Å². The molecule has 1 saturated heterocycles. The van der Waals surface area contributed by atoms with Crippen molar-refractivity contribution in [2.24, 2.45) is 0 Å². The zero-order chi connectivity index (χ0) is 28.5. The molecular formula is C33H36N3O2SSi. The van der Waals surface area contributed by atoms with Crippen molar-refractivity contribution in [1.82, 2.24) is 14.9 Å². The SMILES string of the molecule is C[Si](C)C1(C(O)c2ccncn2)C(=O)N(C(C)(C)C)C1SC(c1ccccc1)(c1ccccc1)c1ccccc1. The minimum atomic E-state index is -1.41. The number of aliphatic hydroxyl groups is 1. The van der Waals surface area contributed by atoms with E-state index in [0.29, 0.717) is 5.69 Å². The third kappa shape index (κ3) is 4.50. The van der Waals surface area contributed by atoms with E-state index in [1.165, 1.54) is 6.33 Å². The van der Waals surface area contributed by atoms with E-state index in [-0.39, 0.29) is 11.3 Å². The molecule has 1 aliphatic heterocycles. The van der Waals surface area contributed by atoms with Crippen molar-refractivity contribution in [3.05, 3.63) is 132 Å². The third-order valence-electron chi connectivity index (χ3n) is 7.89. The number of carbonyl (C=O) groups is 1. The second-order valence-corrected chi connectivity index (χ2v) is 15.6. The van der Waals surface area contributed by atoms with E-state index < -0.39 is 30.2 Å². The summed E-state index contributed by atoms with van der Waals surface area (Å²) < 4.78 is -0.646. The van der Waals surface area contributed by atoms with E-state index >= 15 is 0 Å². The van der Waals surface area contributed by atoms with Crippen LogP contribution in [-0.4, -0.2) is 45.6 Å². The molecule has 3 aromatic carbocycles. The fourth-order valence-electron chi connectivity index (χ4n) is 5.92. The van der Waals surface area contributed by atoms with Crippen LogP contribution in [0.5, 0.6) is 0 Å². The molecule has 5 rings (SSSR count). The summed E-state index contributed by atoms with van der Waals surface area (Å²) in [6, 6.07) is 33.3. The molecule has 205 valence electrons. The molecule has 1 fully saturated rings. The lowest BCUT2D eigenvalue weighted by Crippen LogP contribution is -2.74. The van der Waals surface area contributed by atoms with Crippen LogP contribution in [0.25, 0.3) is 0 Å². The normalized spacial score (nSPS) is 20.3. The zero-order valence-corrected chi connectivity index (χ0v) is 25.5. The van der Waals surface area contributed by atoms with Crippen LogP contribution >= 0.6 is 11.8 Å². The van der Waals surface area contributed by atoms with Gasteiger partial charge in [-0.1, -0.05) is 104 Å². The highest BCUT2D eigenvalue weighted by Gasteiger charge is 2.70. The van der Waals surface area contributed by atoms with Crippen LogP contribution < -0.4 is 0 Å². The Morgan fingerprint density at radius 1 is 0.850 bits per heavy atom. The standard InChI is InChI=1S/C33H36N3O2SSi/c1-31(2,3)36-29(38)33(40(4)5,28(37)27-21-22-34-23-35-27)30(36)39-32(24-15-9-6-10-16-24,25-17-11-7-12-18-25)26-19-13-8-14-20-26/h6-23,28,30,37H,1-5H3. The van der Waals surface area contributed by atoms with Gasteiger partial charge in [-0.2, -0.15) is 0 Å². The highest BCUT2D eigenvalue weighted by molar-refractivity contribution is 8.01. The van der Waals surface area contributed by atoms with Crippen LogP contribution in [0, 0.1) is 0 Å². The number of thioether (sulfide) groups is 1. The van der Waals surface area contributed by atoms with E-state index in [9.17, 15) is 9.90 Å². The maximum atomic E-state index is 14.4. The van der Waals surface area contributed by atoms with Gasteiger partial charge in [0.15, 0.2) is 0 Å². The number of aromatic nitrogens is 2. The summed E-state index contributed by atoms with van der Waals surface area (Å²) in [6.45, 7) is 10.5. The molecule has 2 heterocycles. The van der Waals surface area contributed by atoms with Crippen molar-refractivity contribution >= 4 is 26.5 Å². The van der Waals surface area contributed by atoms with Crippen LogP contribution in [0.1, 0.15) is 49.3 Å². The molecule has 40 heavy (non-hydrogen) atoms. The number of rotatable bonds is 8. The molecule has 7 heteroatoms. The second kappa shape index (κ2) is 11.0. The summed E-state index contributed by atoms with van der Waals surface area (Å²) in [5.41, 5.74) is 3.40. The Labute approximate surface area is 243 Å². The van der Waals surface area contributed by atoms with E-state index in [1.807, 2.05) is 23.1 Å². The Hall–Kier alpha value is -3.26. The molecule has 0 aliphatic carbocycles. The lowest BCUT2D eigenvalue weighted by Gasteiger charge is -2.64. The monoisotopic (exact) mass is 566 g/mol. The Morgan fingerprint density at radius 3 is 1.70 bits per heavy atom. The molecule has 1 aliphatic rings. The Bertz CT molecular complexity index is 1340. The van der Waals surface area contributed by atoms with Gasteiger partial charge in [0.2, 0.25) is 5.91 Å². The topological polar surface area (TPSA) is 66.3 Å². The van der Waals surface area contributed by atoms with Crippen LogP contribution in [0.3, 0.4) is 0 Å². The number of carbonyl (C=O) groups excluding carboxylic acids is 1. The van der Waals surface area contributed by atoms with Crippen molar-refractivity contribution in [3.63, 3.8) is 0 Å². The van der Waals surface area contributed by atoms with Crippen molar-refractivity contribution in [2.75, 3.05) is 0 Å². The van der Waals surface area contributed by atoms with E-state index in [4.69, 9.17) is 0 Å². The van der Waals surface area contributed by atoms with E-state index in [2.05, 4.69) is 117 Å². The molecule has 1 radical (unpaired) electrons. The van der Waals surface area contributed by atoms with Gasteiger partial charge in [-0.05, 0) is 43.5 Å². The highest BCUT2D eigenvalue weighted by Crippen LogP contribution is 2.66.